The van der Waals surface area contributed by atoms with Gasteiger partial charge >= 0.3 is 0 Å². The van der Waals surface area contributed by atoms with Crippen LogP contribution in [0.4, 0.5) is 0 Å². The molecule has 1 unspecified atom stereocenters. The predicted molar refractivity (Wildman–Crippen MR) is 44.7 cm³/mol. The van der Waals surface area contributed by atoms with Crippen molar-refractivity contribution in [1.82, 2.24) is 9.36 Å². The van der Waals surface area contributed by atoms with E-state index in [1.54, 1.807) is 0 Å². The third-order valence-electron chi connectivity index (χ3n) is 1.97. The van der Waals surface area contributed by atoms with E-state index < -0.39 is 0 Å². The molecule has 1 aromatic rings. The van der Waals surface area contributed by atoms with Gasteiger partial charge in [-0.05, 0) is 0 Å². The maximum atomic E-state index is 11.2. The molecule has 1 saturated heterocycles. The molecule has 0 spiro atoms. The lowest BCUT2D eigenvalue weighted by Crippen LogP contribution is -2.27. The van der Waals surface area contributed by atoms with Gasteiger partial charge in [0, 0.05) is 19.2 Å². The molecule has 70 valence electrons. The summed E-state index contributed by atoms with van der Waals surface area (Å²) in [5, 5.41) is 0. The van der Waals surface area contributed by atoms with Crippen LogP contribution in [0, 0.1) is 0 Å². The lowest BCUT2D eigenvalue weighted by molar-refractivity contribution is 0.0899. The zero-order chi connectivity index (χ0) is 9.42. The zero-order valence-corrected chi connectivity index (χ0v) is 7.27. The number of nitrogens with zero attached hydrogens (tertiary/aromatic N) is 2. The standard InChI is InChI=1S/C8H10N2O3/c1-6(11)9-3-2-8(12)10(9)4-7-5-13-7/h2-3,7H,4-5H2,1H3. The molecule has 2 rings (SSSR count). The van der Waals surface area contributed by atoms with E-state index in [0.29, 0.717) is 13.2 Å². The number of aromatic nitrogens is 2. The van der Waals surface area contributed by atoms with Crippen LogP contribution in [0.2, 0.25) is 0 Å². The Bertz CT molecular complexity index is 386. The molecule has 2 heterocycles. The van der Waals surface area contributed by atoms with Gasteiger partial charge in [0.15, 0.2) is 0 Å². The Morgan fingerprint density at radius 3 is 3.00 bits per heavy atom. The van der Waals surface area contributed by atoms with E-state index in [1.165, 1.54) is 28.6 Å². The van der Waals surface area contributed by atoms with Gasteiger partial charge in [-0.2, -0.15) is 0 Å². The van der Waals surface area contributed by atoms with Crippen LogP contribution < -0.4 is 5.56 Å². The van der Waals surface area contributed by atoms with E-state index in [2.05, 4.69) is 0 Å². The molecule has 0 radical (unpaired) electrons. The summed E-state index contributed by atoms with van der Waals surface area (Å²) in [5.41, 5.74) is -0.161. The van der Waals surface area contributed by atoms with E-state index in [-0.39, 0.29) is 17.6 Å². The second kappa shape index (κ2) is 2.85. The number of rotatable bonds is 2. The minimum Gasteiger partial charge on any atom is -0.371 e. The molecule has 1 aliphatic rings. The molecular weight excluding hydrogens is 172 g/mol. The van der Waals surface area contributed by atoms with E-state index in [1.807, 2.05) is 0 Å². The van der Waals surface area contributed by atoms with Gasteiger partial charge in [-0.3, -0.25) is 9.59 Å². The molecule has 0 aromatic carbocycles. The fraction of sp³-hybridized carbons (Fsp3) is 0.500. The van der Waals surface area contributed by atoms with Gasteiger partial charge in [-0.15, -0.1) is 0 Å². The quantitative estimate of drug-likeness (QED) is 0.590. The van der Waals surface area contributed by atoms with E-state index in [4.69, 9.17) is 4.74 Å². The van der Waals surface area contributed by atoms with Crippen molar-refractivity contribution in [3.63, 3.8) is 0 Å². The van der Waals surface area contributed by atoms with Crippen molar-refractivity contribution >= 4 is 5.91 Å². The SMILES string of the molecule is CC(=O)n1ccc(=O)n1CC1CO1. The van der Waals surface area contributed by atoms with Crippen LogP contribution in [0.5, 0.6) is 0 Å². The molecule has 1 fully saturated rings. The molecular formula is C8H10N2O3. The van der Waals surface area contributed by atoms with Crippen molar-refractivity contribution in [3.05, 3.63) is 22.6 Å². The topological polar surface area (TPSA) is 56.5 Å². The number of carbonyl (C=O) groups is 1. The van der Waals surface area contributed by atoms with Gasteiger partial charge in [0.25, 0.3) is 5.56 Å². The van der Waals surface area contributed by atoms with Crippen LogP contribution in [-0.4, -0.2) is 28.0 Å². The Morgan fingerprint density at radius 2 is 2.46 bits per heavy atom. The Morgan fingerprint density at radius 1 is 1.77 bits per heavy atom. The third kappa shape index (κ3) is 1.55. The van der Waals surface area contributed by atoms with E-state index in [9.17, 15) is 9.59 Å². The molecule has 13 heavy (non-hydrogen) atoms. The maximum Gasteiger partial charge on any atom is 0.267 e. The van der Waals surface area contributed by atoms with Crippen LogP contribution in [0.15, 0.2) is 17.1 Å². The first-order chi connectivity index (χ1) is 6.18. The van der Waals surface area contributed by atoms with Crippen molar-refractivity contribution in [3.8, 4) is 0 Å². The number of carbonyl (C=O) groups excluding carboxylic acids is 1. The first-order valence-corrected chi connectivity index (χ1v) is 4.09. The average Bonchev–Trinajstić information content (AvgIpc) is 2.78. The molecule has 0 N–H and O–H groups in total. The predicted octanol–water partition coefficient (Wildman–Crippen LogP) is -0.291. The summed E-state index contributed by atoms with van der Waals surface area (Å²) < 4.78 is 7.69. The van der Waals surface area contributed by atoms with Crippen molar-refractivity contribution in [2.75, 3.05) is 6.61 Å². The smallest absolute Gasteiger partial charge is 0.267 e. The minimum atomic E-state index is -0.164. The highest BCUT2D eigenvalue weighted by Crippen LogP contribution is 2.10. The van der Waals surface area contributed by atoms with Crippen LogP contribution in [0.25, 0.3) is 0 Å². The zero-order valence-electron chi connectivity index (χ0n) is 7.27. The average molecular weight is 182 g/mol. The number of hydrogen-bond donors (Lipinski definition) is 0. The van der Waals surface area contributed by atoms with Gasteiger partial charge in [0.1, 0.15) is 6.10 Å². The number of ether oxygens (including phenoxy) is 1. The van der Waals surface area contributed by atoms with Gasteiger partial charge < -0.3 is 4.74 Å². The Labute approximate surface area is 74.5 Å². The van der Waals surface area contributed by atoms with Gasteiger partial charge in [-0.25, -0.2) is 9.36 Å². The lowest BCUT2D eigenvalue weighted by Gasteiger charge is -2.05. The molecule has 0 saturated carbocycles. The van der Waals surface area contributed by atoms with Gasteiger partial charge in [0.2, 0.25) is 5.91 Å². The Hall–Kier alpha value is -1.36. The Kier molecular flexibility index (Phi) is 1.81. The molecule has 0 aliphatic carbocycles. The molecule has 5 heteroatoms. The molecule has 0 amide bonds. The normalized spacial score (nSPS) is 20.2. The van der Waals surface area contributed by atoms with Crippen molar-refractivity contribution in [1.29, 1.82) is 0 Å². The lowest BCUT2D eigenvalue weighted by atomic mass is 10.5. The summed E-state index contributed by atoms with van der Waals surface area (Å²) in [6.45, 7) is 2.56. The highest BCUT2D eigenvalue weighted by Gasteiger charge is 2.24. The van der Waals surface area contributed by atoms with Gasteiger partial charge in [0.05, 0.1) is 13.2 Å². The summed E-state index contributed by atoms with van der Waals surface area (Å²) in [4.78, 5) is 22.3. The second-order valence-electron chi connectivity index (χ2n) is 3.06. The van der Waals surface area contributed by atoms with Crippen molar-refractivity contribution in [2.45, 2.75) is 19.6 Å². The summed E-state index contributed by atoms with van der Waals surface area (Å²) >= 11 is 0. The summed E-state index contributed by atoms with van der Waals surface area (Å²) in [5.74, 6) is -0.164. The summed E-state index contributed by atoms with van der Waals surface area (Å²) in [7, 11) is 0. The van der Waals surface area contributed by atoms with Crippen LogP contribution in [-0.2, 0) is 11.3 Å². The van der Waals surface area contributed by atoms with Crippen molar-refractivity contribution in [2.24, 2.45) is 0 Å². The van der Waals surface area contributed by atoms with Crippen molar-refractivity contribution < 1.29 is 9.53 Å². The van der Waals surface area contributed by atoms with Crippen LogP contribution in [0.3, 0.4) is 0 Å². The molecule has 1 atom stereocenters. The maximum absolute atomic E-state index is 11.2. The summed E-state index contributed by atoms with van der Waals surface area (Å²) in [6, 6.07) is 1.38. The first kappa shape index (κ1) is 8.25. The molecule has 0 bridgehead atoms. The highest BCUT2D eigenvalue weighted by atomic mass is 16.6. The number of hydrogen-bond acceptors (Lipinski definition) is 3. The molecule has 5 nitrogen and oxygen atoms in total. The highest BCUT2D eigenvalue weighted by molar-refractivity contribution is 5.75. The van der Waals surface area contributed by atoms with E-state index in [0.717, 1.165) is 0 Å². The second-order valence-corrected chi connectivity index (χ2v) is 3.06. The first-order valence-electron chi connectivity index (χ1n) is 4.09. The monoisotopic (exact) mass is 182 g/mol. The third-order valence-corrected chi connectivity index (χ3v) is 1.97. The summed E-state index contributed by atoms with van der Waals surface area (Å²) in [6.07, 6.45) is 1.58. The van der Waals surface area contributed by atoms with Crippen LogP contribution >= 0.6 is 0 Å². The molecule has 1 aromatic heterocycles. The van der Waals surface area contributed by atoms with E-state index >= 15 is 0 Å². The Balaban J connectivity index is 2.33. The molecule has 1 aliphatic heterocycles. The fourth-order valence-electron chi connectivity index (χ4n) is 1.23. The largest absolute Gasteiger partial charge is 0.371 e. The fourth-order valence-corrected chi connectivity index (χ4v) is 1.23. The number of epoxide rings is 1. The van der Waals surface area contributed by atoms with Crippen LogP contribution in [0.1, 0.15) is 11.7 Å². The minimum absolute atomic E-state index is 0.102. The van der Waals surface area contributed by atoms with Gasteiger partial charge in [-0.1, -0.05) is 0 Å².